The molecule has 4 nitrogen and oxygen atoms in total. The Hall–Kier alpha value is -1.72. The number of likely N-dealkylation sites (N-methyl/N-ethyl adjacent to an activating group) is 1. The molecular weight excluding hydrogens is 354 g/mol. The van der Waals surface area contributed by atoms with Gasteiger partial charge in [-0.2, -0.15) is 0 Å². The van der Waals surface area contributed by atoms with Gasteiger partial charge >= 0.3 is 0 Å². The monoisotopic (exact) mass is 383 g/mol. The molecule has 1 aliphatic heterocycles. The number of nitrogens with zero attached hydrogens (tertiary/aromatic N) is 3. The van der Waals surface area contributed by atoms with Gasteiger partial charge in [-0.1, -0.05) is 24.3 Å². The van der Waals surface area contributed by atoms with E-state index in [1.165, 1.54) is 22.4 Å². The van der Waals surface area contributed by atoms with Crippen LogP contribution < -0.4 is 0 Å². The maximum absolute atomic E-state index is 12.7. The van der Waals surface area contributed by atoms with E-state index in [-0.39, 0.29) is 5.91 Å². The van der Waals surface area contributed by atoms with Crippen molar-refractivity contribution in [3.8, 4) is 0 Å². The SMILES string of the molecule is Cc1ncsc1CCC(=O)N(C)C1CCCN(C2Cc3ccccc3C2)C1. The molecule has 4 rings (SSSR count). The van der Waals surface area contributed by atoms with Crippen LogP contribution in [0.5, 0.6) is 0 Å². The summed E-state index contributed by atoms with van der Waals surface area (Å²) in [5.74, 6) is 0.268. The largest absolute Gasteiger partial charge is 0.341 e. The molecule has 2 aromatic rings. The number of hydrogen-bond acceptors (Lipinski definition) is 4. The van der Waals surface area contributed by atoms with Crippen LogP contribution >= 0.6 is 11.3 Å². The predicted octanol–water partition coefficient (Wildman–Crippen LogP) is 3.47. The first-order chi connectivity index (χ1) is 13.1. The molecule has 1 aromatic carbocycles. The molecule has 1 saturated heterocycles. The van der Waals surface area contributed by atoms with Crippen molar-refractivity contribution in [2.45, 2.75) is 57.5 Å². The molecule has 0 bridgehead atoms. The lowest BCUT2D eigenvalue weighted by Gasteiger charge is -2.40. The van der Waals surface area contributed by atoms with Crippen molar-refractivity contribution in [3.05, 3.63) is 51.5 Å². The number of rotatable bonds is 5. The van der Waals surface area contributed by atoms with Crippen LogP contribution in [0.2, 0.25) is 0 Å². The normalized spacial score (nSPS) is 20.6. The third kappa shape index (κ3) is 4.09. The number of piperidine rings is 1. The second-order valence-electron chi connectivity index (χ2n) is 7.99. The van der Waals surface area contributed by atoms with Crippen LogP contribution in [0.1, 0.15) is 41.0 Å². The van der Waals surface area contributed by atoms with Crippen LogP contribution in [0, 0.1) is 6.92 Å². The molecular formula is C22H29N3OS. The van der Waals surface area contributed by atoms with Gasteiger partial charge in [-0.05, 0) is 56.7 Å². The number of likely N-dealkylation sites (tertiary alicyclic amines) is 1. The third-order valence-electron chi connectivity index (χ3n) is 6.33. The number of hydrogen-bond donors (Lipinski definition) is 0. The maximum atomic E-state index is 12.7. The van der Waals surface area contributed by atoms with Crippen LogP contribution in [-0.2, 0) is 24.1 Å². The third-order valence-corrected chi connectivity index (χ3v) is 7.32. The number of thiazole rings is 1. The summed E-state index contributed by atoms with van der Waals surface area (Å²) in [6.07, 6.45) is 6.02. The summed E-state index contributed by atoms with van der Waals surface area (Å²) >= 11 is 1.66. The van der Waals surface area contributed by atoms with Gasteiger partial charge < -0.3 is 4.90 Å². The Labute approximate surface area is 166 Å². The second-order valence-corrected chi connectivity index (χ2v) is 8.93. The number of carbonyl (C=O) groups excluding carboxylic acids is 1. The zero-order valence-corrected chi connectivity index (χ0v) is 17.2. The van der Waals surface area contributed by atoms with Gasteiger partial charge in [0.1, 0.15) is 0 Å². The van der Waals surface area contributed by atoms with Crippen molar-refractivity contribution < 1.29 is 4.79 Å². The fourth-order valence-electron chi connectivity index (χ4n) is 4.59. The molecule has 27 heavy (non-hydrogen) atoms. The highest BCUT2D eigenvalue weighted by molar-refractivity contribution is 7.09. The highest BCUT2D eigenvalue weighted by Gasteiger charge is 2.32. The molecule has 144 valence electrons. The molecule has 2 heterocycles. The summed E-state index contributed by atoms with van der Waals surface area (Å²) < 4.78 is 0. The topological polar surface area (TPSA) is 36.4 Å². The van der Waals surface area contributed by atoms with E-state index in [0.29, 0.717) is 18.5 Å². The molecule has 0 N–H and O–H groups in total. The molecule has 2 aliphatic rings. The fourth-order valence-corrected chi connectivity index (χ4v) is 5.37. The summed E-state index contributed by atoms with van der Waals surface area (Å²) in [6, 6.07) is 9.79. The lowest BCUT2D eigenvalue weighted by molar-refractivity contribution is -0.133. The quantitative estimate of drug-likeness (QED) is 0.793. The summed E-state index contributed by atoms with van der Waals surface area (Å²) in [5, 5.41) is 0. The van der Waals surface area contributed by atoms with Crippen molar-refractivity contribution in [2.24, 2.45) is 0 Å². The number of aromatic nitrogens is 1. The summed E-state index contributed by atoms with van der Waals surface area (Å²) in [6.45, 7) is 4.20. The standard InChI is InChI=1S/C22H29N3OS/c1-16-21(27-15-23-16)9-10-22(26)24(2)19-8-5-11-25(14-19)20-12-17-6-3-4-7-18(17)13-20/h3-4,6-7,15,19-20H,5,8-14H2,1-2H3. The average molecular weight is 384 g/mol. The van der Waals surface area contributed by atoms with E-state index in [1.807, 2.05) is 24.4 Å². The van der Waals surface area contributed by atoms with Gasteiger partial charge in [-0.3, -0.25) is 9.69 Å². The molecule has 1 aromatic heterocycles. The minimum atomic E-state index is 0.268. The maximum Gasteiger partial charge on any atom is 0.222 e. The van der Waals surface area contributed by atoms with Crippen molar-refractivity contribution in [1.29, 1.82) is 0 Å². The Morgan fingerprint density at radius 3 is 2.70 bits per heavy atom. The summed E-state index contributed by atoms with van der Waals surface area (Å²) in [5.41, 5.74) is 5.96. The second kappa shape index (κ2) is 8.11. The zero-order chi connectivity index (χ0) is 18.8. The van der Waals surface area contributed by atoms with E-state index in [2.05, 4.69) is 34.1 Å². The smallest absolute Gasteiger partial charge is 0.222 e. The van der Waals surface area contributed by atoms with E-state index in [0.717, 1.165) is 44.5 Å². The molecule has 1 amide bonds. The molecule has 1 fully saturated rings. The highest BCUT2D eigenvalue weighted by Crippen LogP contribution is 2.28. The first-order valence-corrected chi connectivity index (χ1v) is 10.9. The van der Waals surface area contributed by atoms with E-state index in [1.54, 1.807) is 11.3 Å². The van der Waals surface area contributed by atoms with Gasteiger partial charge in [0.2, 0.25) is 5.91 Å². The molecule has 1 aliphatic carbocycles. The van der Waals surface area contributed by atoms with Gasteiger partial charge in [0.05, 0.1) is 11.2 Å². The Morgan fingerprint density at radius 2 is 2.04 bits per heavy atom. The number of carbonyl (C=O) groups is 1. The van der Waals surface area contributed by atoms with Crippen LogP contribution in [0.25, 0.3) is 0 Å². The van der Waals surface area contributed by atoms with E-state index in [4.69, 9.17) is 0 Å². The van der Waals surface area contributed by atoms with Crippen molar-refractivity contribution >= 4 is 17.2 Å². The Kier molecular flexibility index (Phi) is 5.60. The predicted molar refractivity (Wildman–Crippen MR) is 110 cm³/mol. The minimum absolute atomic E-state index is 0.268. The molecule has 1 atom stereocenters. The first kappa shape index (κ1) is 18.6. The minimum Gasteiger partial charge on any atom is -0.341 e. The molecule has 0 saturated carbocycles. The summed E-state index contributed by atoms with van der Waals surface area (Å²) in [7, 11) is 2.00. The van der Waals surface area contributed by atoms with Crippen LogP contribution in [0.4, 0.5) is 0 Å². The molecule has 5 heteroatoms. The average Bonchev–Trinajstić information content (AvgIpc) is 3.31. The lowest BCUT2D eigenvalue weighted by atomic mass is 10.0. The zero-order valence-electron chi connectivity index (χ0n) is 16.4. The fraction of sp³-hybridized carbons (Fsp3) is 0.545. The Morgan fingerprint density at radius 1 is 1.30 bits per heavy atom. The molecule has 0 radical (unpaired) electrons. The van der Waals surface area contributed by atoms with Crippen LogP contribution in [-0.4, -0.2) is 52.9 Å². The van der Waals surface area contributed by atoms with Gasteiger partial charge in [-0.15, -0.1) is 11.3 Å². The number of fused-ring (bicyclic) bond motifs is 1. The Bertz CT molecular complexity index is 777. The number of benzene rings is 1. The van der Waals surface area contributed by atoms with Crippen LogP contribution in [0.3, 0.4) is 0 Å². The first-order valence-electron chi connectivity index (χ1n) is 10.1. The number of aryl methyl sites for hydroxylation is 2. The van der Waals surface area contributed by atoms with E-state index < -0.39 is 0 Å². The van der Waals surface area contributed by atoms with E-state index >= 15 is 0 Å². The lowest BCUT2D eigenvalue weighted by Crippen LogP contribution is -2.51. The van der Waals surface area contributed by atoms with Crippen molar-refractivity contribution in [1.82, 2.24) is 14.8 Å². The van der Waals surface area contributed by atoms with E-state index in [9.17, 15) is 4.79 Å². The molecule has 0 spiro atoms. The van der Waals surface area contributed by atoms with Gasteiger partial charge in [-0.25, -0.2) is 4.98 Å². The van der Waals surface area contributed by atoms with Crippen LogP contribution in [0.15, 0.2) is 29.8 Å². The van der Waals surface area contributed by atoms with Crippen molar-refractivity contribution in [3.63, 3.8) is 0 Å². The molecule has 1 unspecified atom stereocenters. The van der Waals surface area contributed by atoms with Gasteiger partial charge in [0.15, 0.2) is 0 Å². The van der Waals surface area contributed by atoms with Crippen molar-refractivity contribution in [2.75, 3.05) is 20.1 Å². The Balaban J connectivity index is 1.32. The number of amides is 1. The van der Waals surface area contributed by atoms with Gasteiger partial charge in [0.25, 0.3) is 0 Å². The van der Waals surface area contributed by atoms with Gasteiger partial charge in [0, 0.05) is 37.0 Å². The summed E-state index contributed by atoms with van der Waals surface area (Å²) in [4.78, 5) is 22.9. The highest BCUT2D eigenvalue weighted by atomic mass is 32.1.